The Morgan fingerprint density at radius 3 is 1.57 bits per heavy atom. The van der Waals surface area contributed by atoms with Crippen molar-refractivity contribution in [2.24, 2.45) is 0 Å². The van der Waals surface area contributed by atoms with Gasteiger partial charge in [-0.1, -0.05) is 6.92 Å². The molecule has 0 heterocycles. The van der Waals surface area contributed by atoms with Gasteiger partial charge in [0.1, 0.15) is 0 Å². The van der Waals surface area contributed by atoms with Gasteiger partial charge in [-0.3, -0.25) is 0 Å². The second-order valence-electron chi connectivity index (χ2n) is 0.957. The van der Waals surface area contributed by atoms with E-state index in [-0.39, 0.29) is 61.2 Å². The van der Waals surface area contributed by atoms with Crippen molar-refractivity contribution in [1.82, 2.24) is 0 Å². The van der Waals surface area contributed by atoms with Crippen LogP contribution in [0, 0.1) is 14.4 Å². The standard InChI is InChI=1S/C4H7.CH3.W.Y/c1-4(2)3;;;/h1-2H2,3H3;1H3;;/q2*-1;;. The molecule has 7 heavy (non-hydrogen) atoms. The molecule has 2 heteroatoms. The van der Waals surface area contributed by atoms with Crippen molar-refractivity contribution in [1.29, 1.82) is 0 Å². The van der Waals surface area contributed by atoms with Gasteiger partial charge >= 0.3 is 0 Å². The van der Waals surface area contributed by atoms with Crippen molar-refractivity contribution in [3.05, 3.63) is 26.5 Å². The van der Waals surface area contributed by atoms with Crippen LogP contribution in [0.15, 0.2) is 12.2 Å². The van der Waals surface area contributed by atoms with E-state index in [9.17, 15) is 0 Å². The number of hydrogen-bond acceptors (Lipinski definition) is 0. The van der Waals surface area contributed by atoms with Crippen LogP contribution in [0.3, 0.4) is 0 Å². The van der Waals surface area contributed by atoms with E-state index in [1.54, 1.807) is 0 Å². The molecule has 0 saturated carbocycles. The Morgan fingerprint density at radius 2 is 1.57 bits per heavy atom. The monoisotopic (exact) mass is 343 g/mol. The third kappa shape index (κ3) is 110. The van der Waals surface area contributed by atoms with Crippen molar-refractivity contribution in [2.45, 2.75) is 6.92 Å². The van der Waals surface area contributed by atoms with Gasteiger partial charge in [-0.25, -0.2) is 19.1 Å². The number of hydrogen-bond donors (Lipinski definition) is 0. The molecule has 0 atom stereocenters. The molecule has 0 aromatic carbocycles. The normalized spacial score (nSPS) is 3.57. The summed E-state index contributed by atoms with van der Waals surface area (Å²) in [5, 5.41) is 0. The van der Waals surface area contributed by atoms with Crippen LogP contribution in [0.5, 0.6) is 0 Å². The molecule has 0 saturated heterocycles. The molecular formula is C5H10WY-2. The first-order valence-electron chi connectivity index (χ1n) is 1.21. The Kier molecular flexibility index (Phi) is 53.1. The van der Waals surface area contributed by atoms with E-state index in [0.717, 1.165) is 5.57 Å². The molecule has 41 valence electrons. The van der Waals surface area contributed by atoms with E-state index in [4.69, 9.17) is 0 Å². The summed E-state index contributed by atoms with van der Waals surface area (Å²) < 4.78 is 0. The summed E-state index contributed by atoms with van der Waals surface area (Å²) in [6.07, 6.45) is 0. The first kappa shape index (κ1) is 23.8. The van der Waals surface area contributed by atoms with Crippen molar-refractivity contribution in [3.8, 4) is 0 Å². The number of rotatable bonds is 0. The molecule has 0 aliphatic heterocycles. The third-order valence-corrected chi connectivity index (χ3v) is 0. The molecule has 0 unspecified atom stereocenters. The van der Waals surface area contributed by atoms with Gasteiger partial charge in [-0.2, -0.15) is 0 Å². The van der Waals surface area contributed by atoms with Gasteiger partial charge in [0.15, 0.2) is 0 Å². The largest absolute Gasteiger partial charge is 0.358 e. The zero-order chi connectivity index (χ0) is 3.58. The average molecular weight is 343 g/mol. The summed E-state index contributed by atoms with van der Waals surface area (Å²) in [7, 11) is 0. The molecule has 0 bridgehead atoms. The zero-order valence-corrected chi connectivity index (χ0v) is 10.7. The second-order valence-corrected chi connectivity index (χ2v) is 0.957. The van der Waals surface area contributed by atoms with Gasteiger partial charge in [0, 0.05) is 53.8 Å². The topological polar surface area (TPSA) is 0 Å². The molecule has 0 amide bonds. The maximum atomic E-state index is 3.44. The summed E-state index contributed by atoms with van der Waals surface area (Å²) in [6, 6.07) is 0. The molecule has 0 aliphatic carbocycles. The summed E-state index contributed by atoms with van der Waals surface area (Å²) in [6.45, 7) is 8.75. The van der Waals surface area contributed by atoms with E-state index < -0.39 is 0 Å². The maximum Gasteiger partial charge on any atom is 0 e. The van der Waals surface area contributed by atoms with Gasteiger partial charge in [0.25, 0.3) is 0 Å². The summed E-state index contributed by atoms with van der Waals surface area (Å²) in [5.41, 5.74) is 0.917. The minimum absolute atomic E-state index is 0. The summed E-state index contributed by atoms with van der Waals surface area (Å²) in [5.74, 6) is 0. The fourth-order valence-electron chi connectivity index (χ4n) is 0. The second kappa shape index (κ2) is 15.7. The SMILES string of the molecule is C=C([CH2-])C.[CH3-].[W].[Y]. The maximum absolute atomic E-state index is 3.44. The molecule has 0 N–H and O–H groups in total. The fraction of sp³-hybridized carbons (Fsp3) is 0.200. The van der Waals surface area contributed by atoms with Crippen LogP contribution < -0.4 is 0 Å². The van der Waals surface area contributed by atoms with E-state index in [1.807, 2.05) is 6.92 Å². The van der Waals surface area contributed by atoms with Crippen LogP contribution >= 0.6 is 0 Å². The number of allylic oxidation sites excluding steroid dienone is 1. The van der Waals surface area contributed by atoms with Gasteiger partial charge in [-0.15, -0.1) is 0 Å². The van der Waals surface area contributed by atoms with Crippen LogP contribution in [0.25, 0.3) is 0 Å². The van der Waals surface area contributed by atoms with E-state index in [0.29, 0.717) is 0 Å². The van der Waals surface area contributed by atoms with E-state index in [2.05, 4.69) is 13.5 Å². The molecule has 0 spiro atoms. The van der Waals surface area contributed by atoms with Crippen LogP contribution in [0.1, 0.15) is 6.92 Å². The van der Waals surface area contributed by atoms with Gasteiger partial charge in [0.05, 0.1) is 0 Å². The minimum Gasteiger partial charge on any atom is -0.358 e. The first-order valence-corrected chi connectivity index (χ1v) is 1.21. The summed E-state index contributed by atoms with van der Waals surface area (Å²) >= 11 is 0. The Morgan fingerprint density at radius 1 is 1.57 bits per heavy atom. The molecule has 0 aromatic rings. The quantitative estimate of drug-likeness (QED) is 0.589. The van der Waals surface area contributed by atoms with Crippen molar-refractivity contribution < 1.29 is 53.8 Å². The van der Waals surface area contributed by atoms with Crippen molar-refractivity contribution in [2.75, 3.05) is 0 Å². The van der Waals surface area contributed by atoms with E-state index in [1.165, 1.54) is 0 Å². The average Bonchev–Trinajstić information content (AvgIpc) is 0.811. The Hall–Kier alpha value is 1.40. The van der Waals surface area contributed by atoms with Gasteiger partial charge in [0.2, 0.25) is 0 Å². The summed E-state index contributed by atoms with van der Waals surface area (Å²) in [4.78, 5) is 0. The minimum atomic E-state index is 0. The predicted molar refractivity (Wildman–Crippen MR) is 26.6 cm³/mol. The van der Waals surface area contributed by atoms with Crippen LogP contribution in [-0.4, -0.2) is 0 Å². The smallest absolute Gasteiger partial charge is 0 e. The predicted octanol–water partition coefficient (Wildman–Crippen LogP) is 1.84. The van der Waals surface area contributed by atoms with Crippen molar-refractivity contribution >= 4 is 0 Å². The zero-order valence-electron chi connectivity index (χ0n) is 4.90. The Labute approximate surface area is 86.3 Å². The van der Waals surface area contributed by atoms with Crippen LogP contribution in [-0.2, 0) is 53.8 Å². The molecular weight excluding hydrogens is 333 g/mol. The molecule has 1 radical (unpaired) electrons. The molecule has 0 rings (SSSR count). The Balaban J connectivity index is -0.0000000150. The van der Waals surface area contributed by atoms with Crippen LogP contribution in [0.2, 0.25) is 0 Å². The molecule has 0 fully saturated rings. The first-order chi connectivity index (χ1) is 1.73. The van der Waals surface area contributed by atoms with Gasteiger partial charge < -0.3 is 7.43 Å². The molecule has 0 aromatic heterocycles. The third-order valence-electron chi connectivity index (χ3n) is 0. The van der Waals surface area contributed by atoms with Gasteiger partial charge in [-0.05, 0) is 0 Å². The Bertz CT molecular complexity index is 31.1. The fourth-order valence-corrected chi connectivity index (χ4v) is 0. The molecule has 0 aliphatic rings. The van der Waals surface area contributed by atoms with E-state index >= 15 is 0 Å². The van der Waals surface area contributed by atoms with Crippen molar-refractivity contribution in [3.63, 3.8) is 0 Å². The molecule has 0 nitrogen and oxygen atoms in total. The van der Waals surface area contributed by atoms with Crippen LogP contribution in [0.4, 0.5) is 0 Å².